The fourth-order valence-corrected chi connectivity index (χ4v) is 3.26. The Morgan fingerprint density at radius 2 is 2.04 bits per heavy atom. The Kier molecular flexibility index (Phi) is 3.79. The van der Waals surface area contributed by atoms with Crippen molar-refractivity contribution >= 4 is 17.7 Å². The van der Waals surface area contributed by atoms with E-state index in [0.29, 0.717) is 12.8 Å². The van der Waals surface area contributed by atoms with Gasteiger partial charge in [-0.3, -0.25) is 14.5 Å². The number of ketones is 1. The zero-order chi connectivity index (χ0) is 16.6. The first-order chi connectivity index (χ1) is 11.0. The summed E-state index contributed by atoms with van der Waals surface area (Å²) in [6, 6.07) is 3.00. The Balaban J connectivity index is 1.82. The maximum absolute atomic E-state index is 13.4. The van der Waals surface area contributed by atoms with Crippen molar-refractivity contribution in [2.24, 2.45) is 0 Å². The van der Waals surface area contributed by atoms with Gasteiger partial charge in [0.2, 0.25) is 0 Å². The number of methoxy groups -OCH3 is 1. The number of imide groups is 1. The molecule has 2 aliphatic rings. The Bertz CT molecular complexity index is 683. The number of hydrogen-bond acceptors (Lipinski definition) is 4. The van der Waals surface area contributed by atoms with E-state index in [1.165, 1.54) is 19.2 Å². The van der Waals surface area contributed by atoms with E-state index in [9.17, 15) is 18.8 Å². The van der Waals surface area contributed by atoms with Gasteiger partial charge in [0.15, 0.2) is 5.78 Å². The van der Waals surface area contributed by atoms with Gasteiger partial charge < -0.3 is 10.1 Å². The first kappa shape index (κ1) is 15.5. The van der Waals surface area contributed by atoms with Crippen LogP contribution < -0.4 is 10.1 Å². The van der Waals surface area contributed by atoms with Gasteiger partial charge in [0, 0.05) is 0 Å². The summed E-state index contributed by atoms with van der Waals surface area (Å²) in [7, 11) is 1.37. The lowest BCUT2D eigenvalue weighted by molar-refractivity contribution is -0.130. The number of halogens is 1. The summed E-state index contributed by atoms with van der Waals surface area (Å²) in [6.45, 7) is -0.424. The predicted octanol–water partition coefficient (Wildman–Crippen LogP) is 1.88. The maximum Gasteiger partial charge on any atom is 0.325 e. The number of Topliss-reactive ketones (excluding diaryl/α,β-unsaturated/α-hetero) is 1. The molecular weight excluding hydrogens is 303 g/mol. The average molecular weight is 320 g/mol. The molecule has 1 N–H and O–H groups in total. The van der Waals surface area contributed by atoms with Gasteiger partial charge >= 0.3 is 6.03 Å². The Morgan fingerprint density at radius 3 is 2.70 bits per heavy atom. The van der Waals surface area contributed by atoms with Crippen LogP contribution in [0.15, 0.2) is 18.2 Å². The molecule has 122 valence electrons. The van der Waals surface area contributed by atoms with Gasteiger partial charge in [0.05, 0.1) is 19.2 Å². The number of carbonyl (C=O) groups is 3. The van der Waals surface area contributed by atoms with Crippen molar-refractivity contribution in [1.82, 2.24) is 10.2 Å². The summed E-state index contributed by atoms with van der Waals surface area (Å²) < 4.78 is 18.4. The molecule has 1 aliphatic carbocycles. The molecule has 3 rings (SSSR count). The van der Waals surface area contributed by atoms with Crippen LogP contribution in [0.4, 0.5) is 9.18 Å². The van der Waals surface area contributed by atoms with Crippen LogP contribution >= 0.6 is 0 Å². The van der Waals surface area contributed by atoms with Gasteiger partial charge in [-0.2, -0.15) is 0 Å². The number of carbonyl (C=O) groups excluding carboxylic acids is 3. The molecule has 23 heavy (non-hydrogen) atoms. The van der Waals surface area contributed by atoms with E-state index < -0.39 is 29.7 Å². The quantitative estimate of drug-likeness (QED) is 0.679. The molecule has 3 amide bonds. The highest BCUT2D eigenvalue weighted by atomic mass is 19.1. The van der Waals surface area contributed by atoms with Gasteiger partial charge in [-0.25, -0.2) is 9.18 Å². The van der Waals surface area contributed by atoms with Crippen LogP contribution in [0.5, 0.6) is 5.75 Å². The van der Waals surface area contributed by atoms with Gasteiger partial charge in [-0.15, -0.1) is 0 Å². The SMILES string of the molecule is COc1ccc(F)cc1C(=O)CN1C(=O)NC2(CCCC2)C1=O. The largest absolute Gasteiger partial charge is 0.496 e. The molecule has 1 saturated heterocycles. The van der Waals surface area contributed by atoms with E-state index in [1.54, 1.807) is 0 Å². The molecule has 0 aromatic heterocycles. The second kappa shape index (κ2) is 5.64. The van der Waals surface area contributed by atoms with E-state index >= 15 is 0 Å². The number of rotatable bonds is 4. The first-order valence-corrected chi connectivity index (χ1v) is 7.48. The highest BCUT2D eigenvalue weighted by molar-refractivity contribution is 6.11. The summed E-state index contributed by atoms with van der Waals surface area (Å²) in [4.78, 5) is 37.9. The van der Waals surface area contributed by atoms with Crippen molar-refractivity contribution in [1.29, 1.82) is 0 Å². The van der Waals surface area contributed by atoms with E-state index in [0.717, 1.165) is 23.8 Å². The van der Waals surface area contributed by atoms with E-state index in [1.807, 2.05) is 0 Å². The van der Waals surface area contributed by atoms with Crippen LogP contribution in [0, 0.1) is 5.82 Å². The number of hydrogen-bond donors (Lipinski definition) is 1. The van der Waals surface area contributed by atoms with Gasteiger partial charge in [-0.05, 0) is 31.0 Å². The van der Waals surface area contributed by atoms with E-state index in [2.05, 4.69) is 5.32 Å². The summed E-state index contributed by atoms with van der Waals surface area (Å²) in [6.07, 6.45) is 2.91. The van der Waals surface area contributed by atoms with Crippen molar-refractivity contribution in [3.8, 4) is 5.75 Å². The Hall–Kier alpha value is -2.44. The fourth-order valence-electron chi connectivity index (χ4n) is 3.26. The molecule has 1 aromatic carbocycles. The van der Waals surface area contributed by atoms with Gasteiger partial charge in [0.1, 0.15) is 17.1 Å². The van der Waals surface area contributed by atoms with Crippen molar-refractivity contribution in [3.63, 3.8) is 0 Å². The molecule has 0 unspecified atom stereocenters. The zero-order valence-corrected chi connectivity index (χ0v) is 12.7. The van der Waals surface area contributed by atoms with Crippen molar-refractivity contribution in [2.75, 3.05) is 13.7 Å². The van der Waals surface area contributed by atoms with Crippen LogP contribution in [0.25, 0.3) is 0 Å². The van der Waals surface area contributed by atoms with Gasteiger partial charge in [0.25, 0.3) is 5.91 Å². The second-order valence-electron chi connectivity index (χ2n) is 5.88. The maximum atomic E-state index is 13.4. The highest BCUT2D eigenvalue weighted by Crippen LogP contribution is 2.35. The van der Waals surface area contributed by atoms with E-state index in [-0.39, 0.29) is 17.2 Å². The molecule has 7 heteroatoms. The lowest BCUT2D eigenvalue weighted by atomic mass is 9.98. The molecule has 1 aromatic rings. The molecule has 1 aliphatic heterocycles. The molecule has 0 bridgehead atoms. The Labute approximate surface area is 132 Å². The van der Waals surface area contributed by atoms with Crippen molar-refractivity contribution in [2.45, 2.75) is 31.2 Å². The van der Waals surface area contributed by atoms with Crippen LogP contribution in [0.3, 0.4) is 0 Å². The standard InChI is InChI=1S/C16H17FN2O4/c1-23-13-5-4-10(17)8-11(13)12(20)9-19-14(21)16(18-15(19)22)6-2-3-7-16/h4-5,8H,2-3,6-7,9H2,1H3,(H,18,22). The third-order valence-corrected chi connectivity index (χ3v) is 4.47. The summed E-state index contributed by atoms with van der Waals surface area (Å²) in [5.74, 6) is -1.29. The lowest BCUT2D eigenvalue weighted by Crippen LogP contribution is -2.44. The second-order valence-corrected chi connectivity index (χ2v) is 5.88. The average Bonchev–Trinajstić information content (AvgIpc) is 3.08. The fraction of sp³-hybridized carbons (Fsp3) is 0.438. The zero-order valence-electron chi connectivity index (χ0n) is 12.7. The first-order valence-electron chi connectivity index (χ1n) is 7.48. The topological polar surface area (TPSA) is 75.7 Å². The monoisotopic (exact) mass is 320 g/mol. The third kappa shape index (κ3) is 2.56. The van der Waals surface area contributed by atoms with Crippen LogP contribution in [-0.2, 0) is 4.79 Å². The number of benzene rings is 1. The summed E-state index contributed by atoms with van der Waals surface area (Å²) in [5, 5.41) is 2.71. The molecule has 6 nitrogen and oxygen atoms in total. The van der Waals surface area contributed by atoms with Crippen LogP contribution in [-0.4, -0.2) is 41.8 Å². The lowest BCUT2D eigenvalue weighted by Gasteiger charge is -2.19. The molecule has 0 atom stereocenters. The van der Waals surface area contributed by atoms with Gasteiger partial charge in [-0.1, -0.05) is 12.8 Å². The number of amides is 3. The van der Waals surface area contributed by atoms with Crippen LogP contribution in [0.1, 0.15) is 36.0 Å². The third-order valence-electron chi connectivity index (χ3n) is 4.47. The minimum atomic E-state index is -0.858. The minimum absolute atomic E-state index is 0.0143. The van der Waals surface area contributed by atoms with Crippen molar-refractivity contribution in [3.05, 3.63) is 29.6 Å². The molecule has 1 spiro atoms. The normalized spacial score (nSPS) is 19.3. The number of ether oxygens (including phenoxy) is 1. The number of urea groups is 1. The highest BCUT2D eigenvalue weighted by Gasteiger charge is 2.52. The van der Waals surface area contributed by atoms with Crippen molar-refractivity contribution < 1.29 is 23.5 Å². The van der Waals surface area contributed by atoms with Crippen LogP contribution in [0.2, 0.25) is 0 Å². The summed E-state index contributed by atoms with van der Waals surface area (Å²) in [5.41, 5.74) is -0.843. The number of nitrogens with one attached hydrogen (secondary N) is 1. The Morgan fingerprint density at radius 1 is 1.35 bits per heavy atom. The smallest absolute Gasteiger partial charge is 0.325 e. The molecule has 1 heterocycles. The summed E-state index contributed by atoms with van der Waals surface area (Å²) >= 11 is 0. The molecular formula is C16H17FN2O4. The molecule has 1 saturated carbocycles. The number of nitrogens with zero attached hydrogens (tertiary/aromatic N) is 1. The minimum Gasteiger partial charge on any atom is -0.496 e. The molecule has 0 radical (unpaired) electrons. The predicted molar refractivity (Wildman–Crippen MR) is 78.7 cm³/mol. The van der Waals surface area contributed by atoms with E-state index in [4.69, 9.17) is 4.74 Å². The molecule has 2 fully saturated rings.